The lowest BCUT2D eigenvalue weighted by Gasteiger charge is -2.27. The van der Waals surface area contributed by atoms with Gasteiger partial charge in [-0.25, -0.2) is 8.42 Å². The summed E-state index contributed by atoms with van der Waals surface area (Å²) in [6, 6.07) is -3.42. The maximum atomic E-state index is 12.5. The second-order valence-electron chi connectivity index (χ2n) is 6.69. The van der Waals surface area contributed by atoms with Crippen molar-refractivity contribution in [2.75, 3.05) is 5.75 Å². The average Bonchev–Trinajstić information content (AvgIpc) is 2.60. The number of rotatable bonds is 13. The Balaban J connectivity index is 5.22. The molecule has 12 nitrogen and oxygen atoms in total. The summed E-state index contributed by atoms with van der Waals surface area (Å²) in [5.74, 6) is -5.04. The van der Waals surface area contributed by atoms with Gasteiger partial charge in [0.1, 0.15) is 23.4 Å². The number of nitrogens with two attached hydrogens (primary N) is 1. The van der Waals surface area contributed by atoms with Crippen molar-refractivity contribution in [1.82, 2.24) is 10.6 Å². The Hall–Kier alpha value is -1.90. The maximum Gasteiger partial charge on any atom is 0.305 e. The third-order valence-electron chi connectivity index (χ3n) is 4.29. The lowest BCUT2D eigenvalue weighted by molar-refractivity contribution is -0.416. The minimum atomic E-state index is -4.48. The molecule has 0 aromatic carbocycles. The number of aliphatic carboxylic acids is 1. The van der Waals surface area contributed by atoms with E-state index in [1.807, 2.05) is 0 Å². The van der Waals surface area contributed by atoms with Gasteiger partial charge in [0.25, 0.3) is 0 Å². The monoisotopic (exact) mass is 456 g/mol. The van der Waals surface area contributed by atoms with E-state index in [1.54, 1.807) is 13.8 Å². The zero-order chi connectivity index (χ0) is 22.9. The predicted octanol–water partition coefficient (Wildman–Crippen LogP) is -3.19. The molecule has 0 radical (unpaired) electrons. The Morgan fingerprint density at radius 3 is 2.17 bits per heavy atom. The molecule has 0 aromatic heterocycles. The summed E-state index contributed by atoms with van der Waals surface area (Å²) in [5.41, 5.74) is 8.72. The van der Waals surface area contributed by atoms with E-state index in [9.17, 15) is 32.1 Å². The number of quaternary nitrogens is 1. The first-order valence-electron chi connectivity index (χ1n) is 8.76. The fourth-order valence-electron chi connectivity index (χ4n) is 2.27. The zero-order valence-electron chi connectivity index (χ0n) is 16.2. The van der Waals surface area contributed by atoms with E-state index in [2.05, 4.69) is 29.0 Å². The highest BCUT2D eigenvalue weighted by atomic mass is 32.2. The molecule has 0 aliphatic carbocycles. The SMILES string of the molecule is CC[C@@H](C)[C@H](NC(=O)[C@H](S)[C@H]([NH3+])CCS(=O)(=O)[O-])C(=O)N[C@@H](CC(=O)O)C(N)=O. The summed E-state index contributed by atoms with van der Waals surface area (Å²) in [4.78, 5) is 47.1. The van der Waals surface area contributed by atoms with Crippen molar-refractivity contribution < 1.29 is 43.0 Å². The number of thiol groups is 1. The summed E-state index contributed by atoms with van der Waals surface area (Å²) in [5, 5.41) is 12.4. The number of carboxylic acid groups (broad SMARTS) is 1. The molecule has 0 rings (SSSR count). The van der Waals surface area contributed by atoms with Crippen molar-refractivity contribution in [2.45, 2.75) is 56.5 Å². The van der Waals surface area contributed by atoms with Gasteiger partial charge in [0.2, 0.25) is 17.7 Å². The highest BCUT2D eigenvalue weighted by molar-refractivity contribution is 7.85. The number of amides is 3. The minimum absolute atomic E-state index is 0.198. The van der Waals surface area contributed by atoms with E-state index in [0.717, 1.165) is 0 Å². The van der Waals surface area contributed by atoms with E-state index < -0.39 is 75.3 Å². The van der Waals surface area contributed by atoms with Crippen LogP contribution in [0, 0.1) is 5.92 Å². The molecule has 3 amide bonds. The van der Waals surface area contributed by atoms with Crippen LogP contribution in [0.1, 0.15) is 33.1 Å². The summed E-state index contributed by atoms with van der Waals surface area (Å²) >= 11 is 4.08. The average molecular weight is 457 g/mol. The molecule has 8 N–H and O–H groups in total. The number of hydrogen-bond acceptors (Lipinski definition) is 8. The van der Waals surface area contributed by atoms with Gasteiger partial charge in [0, 0.05) is 12.2 Å². The van der Waals surface area contributed by atoms with Crippen molar-refractivity contribution in [1.29, 1.82) is 0 Å². The molecule has 0 aromatic rings. The predicted molar refractivity (Wildman–Crippen MR) is 103 cm³/mol. The van der Waals surface area contributed by atoms with E-state index in [-0.39, 0.29) is 6.42 Å². The van der Waals surface area contributed by atoms with Crippen LogP contribution in [-0.2, 0) is 29.3 Å². The third-order valence-corrected chi connectivity index (χ3v) is 5.68. The number of primary amides is 1. The molecule has 0 heterocycles. The minimum Gasteiger partial charge on any atom is -0.748 e. The number of hydrogen-bond donors (Lipinski definition) is 6. The molecule has 0 saturated carbocycles. The highest BCUT2D eigenvalue weighted by Crippen LogP contribution is 2.11. The molecular weight excluding hydrogens is 428 g/mol. The summed E-state index contributed by atoms with van der Waals surface area (Å²) in [6.07, 6.45) is -0.462. The second-order valence-corrected chi connectivity index (χ2v) is 8.77. The van der Waals surface area contributed by atoms with Crippen molar-refractivity contribution in [3.63, 3.8) is 0 Å². The van der Waals surface area contributed by atoms with Crippen LogP contribution < -0.4 is 22.1 Å². The number of nitrogens with one attached hydrogen (secondary N) is 2. The van der Waals surface area contributed by atoms with E-state index in [4.69, 9.17) is 10.8 Å². The van der Waals surface area contributed by atoms with Crippen LogP contribution in [0.2, 0.25) is 0 Å². The number of carbonyl (C=O) groups excluding carboxylic acids is 3. The van der Waals surface area contributed by atoms with Crippen LogP contribution in [0.3, 0.4) is 0 Å². The van der Waals surface area contributed by atoms with Gasteiger partial charge in [-0.15, -0.1) is 0 Å². The van der Waals surface area contributed by atoms with E-state index in [1.165, 1.54) is 0 Å². The fraction of sp³-hybridized carbons (Fsp3) is 0.733. The van der Waals surface area contributed by atoms with Crippen LogP contribution in [0.5, 0.6) is 0 Å². The van der Waals surface area contributed by atoms with Crippen molar-refractivity contribution in [2.24, 2.45) is 11.7 Å². The molecule has 168 valence electrons. The molecule has 0 aliphatic rings. The molecular formula is C15H28N4O8S2. The zero-order valence-corrected chi connectivity index (χ0v) is 17.9. The van der Waals surface area contributed by atoms with E-state index in [0.29, 0.717) is 6.42 Å². The van der Waals surface area contributed by atoms with Crippen LogP contribution >= 0.6 is 12.6 Å². The van der Waals surface area contributed by atoms with Gasteiger partial charge in [0.15, 0.2) is 0 Å². The first-order chi connectivity index (χ1) is 13.2. The van der Waals surface area contributed by atoms with Crippen LogP contribution in [0.15, 0.2) is 0 Å². The summed E-state index contributed by atoms with van der Waals surface area (Å²) in [6.45, 7) is 3.40. The van der Waals surface area contributed by atoms with E-state index >= 15 is 0 Å². The third kappa shape index (κ3) is 10.4. The van der Waals surface area contributed by atoms with Crippen LogP contribution in [0.4, 0.5) is 0 Å². The van der Waals surface area contributed by atoms with Gasteiger partial charge < -0.3 is 31.8 Å². The molecule has 0 aliphatic heterocycles. The number of carboxylic acids is 1. The maximum absolute atomic E-state index is 12.5. The Kier molecular flexibility index (Phi) is 11.2. The molecule has 0 saturated heterocycles. The molecule has 29 heavy (non-hydrogen) atoms. The molecule has 0 bridgehead atoms. The van der Waals surface area contributed by atoms with Crippen molar-refractivity contribution in [3.8, 4) is 0 Å². The van der Waals surface area contributed by atoms with Gasteiger partial charge in [-0.3, -0.25) is 19.2 Å². The highest BCUT2D eigenvalue weighted by Gasteiger charge is 2.33. The lowest BCUT2D eigenvalue weighted by Crippen LogP contribution is -2.69. The fourth-order valence-corrected chi connectivity index (χ4v) is 3.08. The molecule has 0 fully saturated rings. The molecule has 5 atom stereocenters. The van der Waals surface area contributed by atoms with Gasteiger partial charge >= 0.3 is 5.97 Å². The lowest BCUT2D eigenvalue weighted by atomic mass is 9.97. The second kappa shape index (κ2) is 11.9. The van der Waals surface area contributed by atoms with Crippen molar-refractivity contribution >= 4 is 46.4 Å². The first kappa shape index (κ1) is 27.1. The topological polar surface area (TPSA) is 223 Å². The van der Waals surface area contributed by atoms with Crippen molar-refractivity contribution in [3.05, 3.63) is 0 Å². The summed E-state index contributed by atoms with van der Waals surface area (Å²) < 4.78 is 32.1. The van der Waals surface area contributed by atoms with Crippen LogP contribution in [0.25, 0.3) is 0 Å². The molecule has 0 unspecified atom stereocenters. The smallest absolute Gasteiger partial charge is 0.305 e. The first-order valence-corrected chi connectivity index (χ1v) is 10.9. The van der Waals surface area contributed by atoms with Gasteiger partial charge in [-0.1, -0.05) is 20.3 Å². The van der Waals surface area contributed by atoms with Gasteiger partial charge in [0.05, 0.1) is 16.5 Å². The standard InChI is InChI=1S/C15H28N4O8S2/c1-3-7(2)11(14(23)18-9(13(17)22)6-10(20)21)19-15(24)12(28)8(16)4-5-29(25,26)27/h7-9,11-12,28H,3-6,16H2,1-2H3,(H2,17,22)(H,18,23)(H,19,24)(H,20,21)(H,25,26,27)/t7-,8-,9+,11+,12-/m1/s1. The van der Waals surface area contributed by atoms with Gasteiger partial charge in [-0.05, 0) is 5.92 Å². The quantitative estimate of drug-likeness (QED) is 0.122. The number of carbonyl (C=O) groups is 4. The summed E-state index contributed by atoms with van der Waals surface area (Å²) in [7, 11) is -4.48. The Morgan fingerprint density at radius 1 is 1.21 bits per heavy atom. The molecule has 14 heteroatoms. The Morgan fingerprint density at radius 2 is 1.76 bits per heavy atom. The Labute approximate surface area is 174 Å². The Bertz CT molecular complexity index is 715. The normalized spacial score (nSPS) is 16.7. The largest absolute Gasteiger partial charge is 0.748 e. The van der Waals surface area contributed by atoms with Crippen LogP contribution in [-0.4, -0.2) is 70.9 Å². The molecule has 0 spiro atoms. The van der Waals surface area contributed by atoms with Gasteiger partial charge in [-0.2, -0.15) is 12.6 Å².